The first-order chi connectivity index (χ1) is 7.29. The first-order valence-corrected chi connectivity index (χ1v) is 4.61. The predicted octanol–water partition coefficient (Wildman–Crippen LogP) is 3.30. The summed E-state index contributed by atoms with van der Waals surface area (Å²) in [5.41, 5.74) is 1.96. The molecule has 0 bridgehead atoms. The number of methoxy groups -OCH3 is 1. The number of halogens is 1. The van der Waals surface area contributed by atoms with Crippen molar-refractivity contribution in [3.63, 3.8) is 0 Å². The number of hydrogen-bond acceptors (Lipinski definition) is 1. The molecule has 0 N–H and O–H groups in total. The number of benzene rings is 2. The number of ether oxygens (including phenoxy) is 1. The van der Waals surface area contributed by atoms with E-state index in [1.807, 2.05) is 24.3 Å². The molecule has 15 heavy (non-hydrogen) atoms. The molecule has 0 unspecified atom stereocenters. The minimum absolute atomic E-state index is 0.340. The zero-order valence-corrected chi connectivity index (χ0v) is 8.33. The highest BCUT2D eigenvalue weighted by Gasteiger charge is 1.98. The largest absolute Gasteiger partial charge is 0.497 e. The Labute approximate surface area is 88.1 Å². The SMILES string of the molecule is COc1ccc(-c2c[c]c(F)cc2)cc1. The number of rotatable bonds is 2. The van der Waals surface area contributed by atoms with Gasteiger partial charge in [-0.15, -0.1) is 0 Å². The van der Waals surface area contributed by atoms with Gasteiger partial charge in [-0.1, -0.05) is 18.2 Å². The lowest BCUT2D eigenvalue weighted by molar-refractivity contribution is 0.415. The van der Waals surface area contributed by atoms with Crippen LogP contribution >= 0.6 is 0 Å². The Hall–Kier alpha value is -1.83. The second-order valence-corrected chi connectivity index (χ2v) is 3.15. The Morgan fingerprint density at radius 1 is 1.00 bits per heavy atom. The van der Waals surface area contributed by atoms with Gasteiger partial charge in [0.1, 0.15) is 11.6 Å². The van der Waals surface area contributed by atoms with Gasteiger partial charge in [-0.25, -0.2) is 4.39 Å². The maximum absolute atomic E-state index is 12.6. The van der Waals surface area contributed by atoms with E-state index < -0.39 is 0 Å². The quantitative estimate of drug-likeness (QED) is 0.724. The van der Waals surface area contributed by atoms with E-state index in [0.29, 0.717) is 0 Å². The molecule has 0 aromatic heterocycles. The van der Waals surface area contributed by atoms with Crippen LogP contribution in [0.25, 0.3) is 11.1 Å². The van der Waals surface area contributed by atoms with Crippen molar-refractivity contribution in [3.8, 4) is 16.9 Å². The van der Waals surface area contributed by atoms with Crippen LogP contribution in [0.2, 0.25) is 0 Å². The Morgan fingerprint density at radius 3 is 2.20 bits per heavy atom. The fraction of sp³-hybridized carbons (Fsp3) is 0.0769. The van der Waals surface area contributed by atoms with Crippen LogP contribution in [-0.2, 0) is 0 Å². The first kappa shape index (κ1) is 9.71. The molecule has 0 aliphatic rings. The van der Waals surface area contributed by atoms with Gasteiger partial charge in [0.2, 0.25) is 0 Å². The van der Waals surface area contributed by atoms with Crippen molar-refractivity contribution in [2.45, 2.75) is 0 Å². The van der Waals surface area contributed by atoms with Gasteiger partial charge >= 0.3 is 0 Å². The third-order valence-electron chi connectivity index (χ3n) is 2.20. The molecule has 0 fully saturated rings. The molecule has 2 rings (SSSR count). The molecule has 2 aromatic carbocycles. The number of hydrogen-bond donors (Lipinski definition) is 0. The normalized spacial score (nSPS) is 10.0. The lowest BCUT2D eigenvalue weighted by Crippen LogP contribution is -1.83. The van der Waals surface area contributed by atoms with Crippen molar-refractivity contribution in [3.05, 3.63) is 54.3 Å². The molecule has 0 spiro atoms. The molecule has 0 saturated heterocycles. The Kier molecular flexibility index (Phi) is 2.68. The summed E-state index contributed by atoms with van der Waals surface area (Å²) >= 11 is 0. The molecule has 0 atom stereocenters. The van der Waals surface area contributed by atoms with Crippen molar-refractivity contribution in [2.75, 3.05) is 7.11 Å². The predicted molar refractivity (Wildman–Crippen MR) is 57.2 cm³/mol. The van der Waals surface area contributed by atoms with E-state index in [2.05, 4.69) is 6.07 Å². The third kappa shape index (κ3) is 2.15. The standard InChI is InChI=1S/C13H10FO/c1-15-13-8-4-11(5-9-13)10-2-6-12(14)7-3-10/h2-6,8-9H,1H3. The Balaban J connectivity index is 2.33. The topological polar surface area (TPSA) is 9.23 Å². The van der Waals surface area contributed by atoms with Crippen LogP contribution in [0.1, 0.15) is 0 Å². The molecule has 0 saturated carbocycles. The summed E-state index contributed by atoms with van der Waals surface area (Å²) < 4.78 is 17.7. The fourth-order valence-corrected chi connectivity index (χ4v) is 1.37. The molecule has 0 heterocycles. The highest BCUT2D eigenvalue weighted by atomic mass is 19.1. The minimum atomic E-state index is -0.340. The van der Waals surface area contributed by atoms with Crippen molar-refractivity contribution < 1.29 is 9.13 Å². The average Bonchev–Trinajstić information content (AvgIpc) is 2.30. The second-order valence-electron chi connectivity index (χ2n) is 3.15. The molecule has 2 heteroatoms. The Bertz CT molecular complexity index is 431. The summed E-state index contributed by atoms with van der Waals surface area (Å²) in [4.78, 5) is 0. The average molecular weight is 201 g/mol. The maximum Gasteiger partial charge on any atom is 0.131 e. The van der Waals surface area contributed by atoms with E-state index in [-0.39, 0.29) is 5.82 Å². The van der Waals surface area contributed by atoms with Gasteiger partial charge in [-0.05, 0) is 35.4 Å². The van der Waals surface area contributed by atoms with Crippen molar-refractivity contribution in [1.29, 1.82) is 0 Å². The van der Waals surface area contributed by atoms with Gasteiger partial charge in [-0.3, -0.25) is 0 Å². The maximum atomic E-state index is 12.6. The fourth-order valence-electron chi connectivity index (χ4n) is 1.37. The molecule has 1 nitrogen and oxygen atoms in total. The van der Waals surface area contributed by atoms with E-state index in [1.165, 1.54) is 6.07 Å². The zero-order chi connectivity index (χ0) is 10.7. The molecule has 1 radical (unpaired) electrons. The Morgan fingerprint density at radius 2 is 1.67 bits per heavy atom. The van der Waals surface area contributed by atoms with E-state index in [1.54, 1.807) is 19.2 Å². The van der Waals surface area contributed by atoms with E-state index >= 15 is 0 Å². The minimum Gasteiger partial charge on any atom is -0.497 e. The van der Waals surface area contributed by atoms with Crippen LogP contribution in [0.15, 0.2) is 42.5 Å². The summed E-state index contributed by atoms with van der Waals surface area (Å²) in [6.45, 7) is 0. The third-order valence-corrected chi connectivity index (χ3v) is 2.20. The van der Waals surface area contributed by atoms with Crippen LogP contribution in [0, 0.1) is 11.9 Å². The smallest absolute Gasteiger partial charge is 0.131 e. The van der Waals surface area contributed by atoms with Gasteiger partial charge in [0.25, 0.3) is 0 Å². The van der Waals surface area contributed by atoms with E-state index in [9.17, 15) is 4.39 Å². The van der Waals surface area contributed by atoms with E-state index in [0.717, 1.165) is 16.9 Å². The van der Waals surface area contributed by atoms with Gasteiger partial charge in [0.05, 0.1) is 7.11 Å². The first-order valence-electron chi connectivity index (χ1n) is 4.61. The van der Waals surface area contributed by atoms with Crippen LogP contribution in [-0.4, -0.2) is 7.11 Å². The molecule has 0 aliphatic carbocycles. The lowest BCUT2D eigenvalue weighted by atomic mass is 10.1. The lowest BCUT2D eigenvalue weighted by Gasteiger charge is -2.03. The highest BCUT2D eigenvalue weighted by Crippen LogP contribution is 2.22. The van der Waals surface area contributed by atoms with Gasteiger partial charge in [0.15, 0.2) is 0 Å². The van der Waals surface area contributed by atoms with Crippen LogP contribution < -0.4 is 4.74 Å². The summed E-state index contributed by atoms with van der Waals surface area (Å²) in [6, 6.07) is 14.9. The summed E-state index contributed by atoms with van der Waals surface area (Å²) in [7, 11) is 1.63. The zero-order valence-electron chi connectivity index (χ0n) is 8.33. The van der Waals surface area contributed by atoms with Crippen molar-refractivity contribution >= 4 is 0 Å². The highest BCUT2D eigenvalue weighted by molar-refractivity contribution is 5.63. The van der Waals surface area contributed by atoms with Crippen molar-refractivity contribution in [2.24, 2.45) is 0 Å². The second kappa shape index (κ2) is 4.13. The summed E-state index contributed by atoms with van der Waals surface area (Å²) in [5.74, 6) is 0.470. The van der Waals surface area contributed by atoms with Crippen LogP contribution in [0.4, 0.5) is 4.39 Å². The van der Waals surface area contributed by atoms with Crippen LogP contribution in [0.3, 0.4) is 0 Å². The monoisotopic (exact) mass is 201 g/mol. The molecule has 75 valence electrons. The molecule has 0 aliphatic heterocycles. The van der Waals surface area contributed by atoms with Gasteiger partial charge < -0.3 is 4.74 Å². The molecule has 2 aromatic rings. The van der Waals surface area contributed by atoms with E-state index in [4.69, 9.17) is 4.74 Å². The molecule has 0 amide bonds. The van der Waals surface area contributed by atoms with Crippen molar-refractivity contribution in [1.82, 2.24) is 0 Å². The van der Waals surface area contributed by atoms with Crippen LogP contribution in [0.5, 0.6) is 5.75 Å². The van der Waals surface area contributed by atoms with Gasteiger partial charge in [0, 0.05) is 6.07 Å². The summed E-state index contributed by atoms with van der Waals surface area (Å²) in [6.07, 6.45) is 0. The molecular weight excluding hydrogens is 191 g/mol. The van der Waals surface area contributed by atoms with Gasteiger partial charge in [-0.2, -0.15) is 0 Å². The molecular formula is C13H10FO. The summed E-state index contributed by atoms with van der Waals surface area (Å²) in [5, 5.41) is 0.